The summed E-state index contributed by atoms with van der Waals surface area (Å²) in [6.07, 6.45) is 3.27. The Balaban J connectivity index is 2.13. The summed E-state index contributed by atoms with van der Waals surface area (Å²) in [6, 6.07) is 1.76. The first-order valence-corrected chi connectivity index (χ1v) is 7.08. The normalized spacial score (nSPS) is 23.1. The molecule has 1 aromatic rings. The average Bonchev–Trinajstić information content (AvgIpc) is 2.84. The number of nitrogens with zero attached hydrogens (tertiary/aromatic N) is 1. The number of nitrogens with one attached hydrogen (secondary N) is 2. The van der Waals surface area contributed by atoms with Gasteiger partial charge in [-0.1, -0.05) is 18.5 Å². The van der Waals surface area contributed by atoms with Crippen LogP contribution in [0.25, 0.3) is 0 Å². The number of halogens is 2. The van der Waals surface area contributed by atoms with Crippen LogP contribution in [0.3, 0.4) is 0 Å². The van der Waals surface area contributed by atoms with E-state index in [0.29, 0.717) is 15.3 Å². The molecule has 1 atom stereocenters. The van der Waals surface area contributed by atoms with Gasteiger partial charge in [-0.2, -0.15) is 0 Å². The van der Waals surface area contributed by atoms with Crippen molar-refractivity contribution in [2.24, 2.45) is 5.41 Å². The van der Waals surface area contributed by atoms with Gasteiger partial charge in [-0.15, -0.1) is 0 Å². The minimum atomic E-state index is -0.299. The third kappa shape index (κ3) is 2.68. The number of amides is 1. The Morgan fingerprint density at radius 2 is 2.50 bits per heavy atom. The number of carbonyl (C=O) groups excluding carboxylic acids is 1. The highest BCUT2D eigenvalue weighted by atomic mass is 79.9. The van der Waals surface area contributed by atoms with Crippen molar-refractivity contribution in [3.8, 4) is 0 Å². The number of rotatable bonds is 3. The van der Waals surface area contributed by atoms with E-state index in [9.17, 15) is 4.79 Å². The number of hydrogen-bond donors (Lipinski definition) is 2. The molecule has 1 aliphatic heterocycles. The van der Waals surface area contributed by atoms with E-state index >= 15 is 0 Å². The quantitative estimate of drug-likeness (QED) is 0.837. The van der Waals surface area contributed by atoms with Crippen molar-refractivity contribution in [3.63, 3.8) is 0 Å². The molecular formula is C12H15BrClN3O. The number of aromatic nitrogens is 1. The molecule has 98 valence electrons. The van der Waals surface area contributed by atoms with Gasteiger partial charge in [0.05, 0.1) is 21.8 Å². The van der Waals surface area contributed by atoms with Gasteiger partial charge in [-0.3, -0.25) is 4.79 Å². The summed E-state index contributed by atoms with van der Waals surface area (Å²) < 4.78 is 0.678. The number of pyridine rings is 1. The SMILES string of the molecule is CCC1(C(=O)Nc2cnc(Cl)c(Br)c2)CCNC1. The molecule has 1 aliphatic rings. The maximum atomic E-state index is 12.3. The van der Waals surface area contributed by atoms with Crippen LogP contribution in [-0.2, 0) is 4.79 Å². The third-order valence-corrected chi connectivity index (χ3v) is 4.59. The molecule has 0 bridgehead atoms. The Bertz CT molecular complexity index is 461. The second kappa shape index (κ2) is 5.55. The molecule has 0 saturated carbocycles. The van der Waals surface area contributed by atoms with Crippen molar-refractivity contribution in [1.29, 1.82) is 0 Å². The molecule has 1 amide bonds. The summed E-state index contributed by atoms with van der Waals surface area (Å²) in [7, 11) is 0. The van der Waals surface area contributed by atoms with E-state index in [-0.39, 0.29) is 11.3 Å². The van der Waals surface area contributed by atoms with Crippen molar-refractivity contribution < 1.29 is 4.79 Å². The van der Waals surface area contributed by atoms with Gasteiger partial charge in [-0.25, -0.2) is 4.98 Å². The Labute approximate surface area is 120 Å². The second-order valence-corrected chi connectivity index (χ2v) is 5.72. The maximum absolute atomic E-state index is 12.3. The number of hydrogen-bond acceptors (Lipinski definition) is 3. The Morgan fingerprint density at radius 3 is 3.06 bits per heavy atom. The van der Waals surface area contributed by atoms with Crippen LogP contribution in [0.2, 0.25) is 5.15 Å². The van der Waals surface area contributed by atoms with Gasteiger partial charge in [-0.05, 0) is 41.4 Å². The molecule has 2 heterocycles. The molecule has 18 heavy (non-hydrogen) atoms. The lowest BCUT2D eigenvalue weighted by atomic mass is 9.83. The van der Waals surface area contributed by atoms with E-state index in [0.717, 1.165) is 25.9 Å². The lowest BCUT2D eigenvalue weighted by Gasteiger charge is -2.25. The van der Waals surface area contributed by atoms with Gasteiger partial charge in [0.1, 0.15) is 5.15 Å². The van der Waals surface area contributed by atoms with E-state index in [2.05, 4.69) is 31.5 Å². The Morgan fingerprint density at radius 1 is 1.72 bits per heavy atom. The van der Waals surface area contributed by atoms with Crippen molar-refractivity contribution >= 4 is 39.1 Å². The van der Waals surface area contributed by atoms with Crippen molar-refractivity contribution in [3.05, 3.63) is 21.9 Å². The highest BCUT2D eigenvalue weighted by Crippen LogP contribution is 2.31. The van der Waals surface area contributed by atoms with E-state index in [4.69, 9.17) is 11.6 Å². The first kappa shape index (κ1) is 13.8. The topological polar surface area (TPSA) is 54.0 Å². The van der Waals surface area contributed by atoms with Crippen molar-refractivity contribution in [1.82, 2.24) is 10.3 Å². The van der Waals surface area contributed by atoms with Gasteiger partial charge < -0.3 is 10.6 Å². The summed E-state index contributed by atoms with van der Waals surface area (Å²) in [4.78, 5) is 16.3. The number of anilines is 1. The predicted molar refractivity (Wildman–Crippen MR) is 75.8 cm³/mol. The monoisotopic (exact) mass is 331 g/mol. The fraction of sp³-hybridized carbons (Fsp3) is 0.500. The molecule has 0 aromatic carbocycles. The van der Waals surface area contributed by atoms with Gasteiger partial charge in [0.2, 0.25) is 5.91 Å². The molecule has 1 saturated heterocycles. The van der Waals surface area contributed by atoms with Gasteiger partial charge in [0.25, 0.3) is 0 Å². The van der Waals surface area contributed by atoms with Crippen molar-refractivity contribution in [2.45, 2.75) is 19.8 Å². The number of carbonyl (C=O) groups is 1. The zero-order valence-electron chi connectivity index (χ0n) is 10.1. The highest BCUT2D eigenvalue weighted by molar-refractivity contribution is 9.10. The van der Waals surface area contributed by atoms with Gasteiger partial charge in [0, 0.05) is 6.54 Å². The van der Waals surface area contributed by atoms with E-state index in [1.165, 1.54) is 0 Å². The molecule has 1 unspecified atom stereocenters. The largest absolute Gasteiger partial charge is 0.324 e. The predicted octanol–water partition coefficient (Wildman–Crippen LogP) is 2.83. The van der Waals surface area contributed by atoms with Crippen LogP contribution < -0.4 is 10.6 Å². The molecule has 0 radical (unpaired) electrons. The highest BCUT2D eigenvalue weighted by Gasteiger charge is 2.39. The zero-order valence-corrected chi connectivity index (χ0v) is 12.4. The van der Waals surface area contributed by atoms with E-state index in [1.54, 1.807) is 12.3 Å². The molecule has 4 nitrogen and oxygen atoms in total. The van der Waals surface area contributed by atoms with Gasteiger partial charge in [0.15, 0.2) is 0 Å². The summed E-state index contributed by atoms with van der Waals surface area (Å²) in [5.41, 5.74) is 0.363. The minimum absolute atomic E-state index is 0.0472. The summed E-state index contributed by atoms with van der Waals surface area (Å²) in [6.45, 7) is 3.67. The minimum Gasteiger partial charge on any atom is -0.324 e. The molecule has 1 aromatic heterocycles. The van der Waals surface area contributed by atoms with Crippen LogP contribution in [0, 0.1) is 5.41 Å². The van der Waals surface area contributed by atoms with Crippen LogP contribution >= 0.6 is 27.5 Å². The third-order valence-electron chi connectivity index (χ3n) is 3.46. The van der Waals surface area contributed by atoms with E-state index in [1.807, 2.05) is 6.92 Å². The summed E-state index contributed by atoms with van der Waals surface area (Å²) in [5, 5.41) is 6.55. The van der Waals surface area contributed by atoms with Crippen LogP contribution in [0.4, 0.5) is 5.69 Å². The molecule has 2 rings (SSSR count). The standard InChI is InChI=1S/C12H15BrClN3O/c1-2-12(3-4-15-7-12)11(18)17-8-5-9(13)10(14)16-6-8/h5-6,15H,2-4,7H2,1H3,(H,17,18). The molecule has 0 aliphatic carbocycles. The Hall–Kier alpha value is -0.650. The molecule has 6 heteroatoms. The Kier molecular flexibility index (Phi) is 4.25. The van der Waals surface area contributed by atoms with Crippen LogP contribution in [-0.4, -0.2) is 24.0 Å². The maximum Gasteiger partial charge on any atom is 0.231 e. The molecule has 1 fully saturated rings. The van der Waals surface area contributed by atoms with Gasteiger partial charge >= 0.3 is 0 Å². The molecular weight excluding hydrogens is 318 g/mol. The molecule has 2 N–H and O–H groups in total. The lowest BCUT2D eigenvalue weighted by Crippen LogP contribution is -2.37. The van der Waals surface area contributed by atoms with Crippen molar-refractivity contribution in [2.75, 3.05) is 18.4 Å². The fourth-order valence-corrected chi connectivity index (χ4v) is 2.61. The fourth-order valence-electron chi connectivity index (χ4n) is 2.15. The van der Waals surface area contributed by atoms with E-state index < -0.39 is 0 Å². The smallest absolute Gasteiger partial charge is 0.231 e. The zero-order chi connectivity index (χ0) is 13.2. The lowest BCUT2D eigenvalue weighted by molar-refractivity contribution is -0.124. The van der Waals surface area contributed by atoms with Crippen LogP contribution in [0.5, 0.6) is 0 Å². The average molecular weight is 333 g/mol. The molecule has 0 spiro atoms. The first-order chi connectivity index (χ1) is 8.57. The van der Waals surface area contributed by atoms with Crippen LogP contribution in [0.15, 0.2) is 16.7 Å². The first-order valence-electron chi connectivity index (χ1n) is 5.90. The summed E-state index contributed by atoms with van der Waals surface area (Å²) in [5.74, 6) is 0.0472. The summed E-state index contributed by atoms with van der Waals surface area (Å²) >= 11 is 9.11. The van der Waals surface area contributed by atoms with Crippen LogP contribution in [0.1, 0.15) is 19.8 Å². The second-order valence-electron chi connectivity index (χ2n) is 4.51.